The summed E-state index contributed by atoms with van der Waals surface area (Å²) in [5.74, 6) is 1.73. The first-order valence-corrected chi connectivity index (χ1v) is 8.56. The molecule has 1 N–H and O–H groups in total. The van der Waals surface area contributed by atoms with Gasteiger partial charge in [-0.05, 0) is 36.2 Å². The van der Waals surface area contributed by atoms with E-state index in [-0.39, 0.29) is 6.61 Å². The molecule has 0 saturated carbocycles. The monoisotopic (exact) mass is 384 g/mol. The molecule has 0 radical (unpaired) electrons. The molecule has 0 aliphatic heterocycles. The van der Waals surface area contributed by atoms with E-state index in [4.69, 9.17) is 18.9 Å². The Labute approximate surface area is 164 Å². The minimum atomic E-state index is -0.407. The molecular weight excluding hydrogens is 360 g/mol. The molecule has 0 aromatic heterocycles. The molecule has 2 rings (SSSR count). The maximum Gasteiger partial charge on any atom is 0.277 e. The van der Waals surface area contributed by atoms with Crippen LogP contribution in [0.4, 0.5) is 0 Å². The van der Waals surface area contributed by atoms with E-state index >= 15 is 0 Å². The van der Waals surface area contributed by atoms with Crippen LogP contribution in [0.1, 0.15) is 11.1 Å². The molecule has 28 heavy (non-hydrogen) atoms. The number of methoxy groups -OCH3 is 3. The number of benzene rings is 2. The summed E-state index contributed by atoms with van der Waals surface area (Å²) in [7, 11) is 4.64. The molecule has 0 spiro atoms. The van der Waals surface area contributed by atoms with Crippen LogP contribution >= 0.6 is 0 Å². The van der Waals surface area contributed by atoms with E-state index < -0.39 is 5.91 Å². The predicted octanol–water partition coefficient (Wildman–Crippen LogP) is 2.97. The lowest BCUT2D eigenvalue weighted by Crippen LogP contribution is -2.24. The normalized spacial score (nSPS) is 10.4. The zero-order valence-electron chi connectivity index (χ0n) is 16.2. The fourth-order valence-electron chi connectivity index (χ4n) is 2.49. The SMILES string of the molecule is C=CCc1ccc(OCC(=O)N/N=C\c2cccc(OC)c2OC)c(OC)c1. The molecule has 0 bridgehead atoms. The highest BCUT2D eigenvalue weighted by Gasteiger charge is 2.09. The first-order chi connectivity index (χ1) is 13.6. The van der Waals surface area contributed by atoms with Crippen LogP contribution in [0.5, 0.6) is 23.0 Å². The van der Waals surface area contributed by atoms with Gasteiger partial charge < -0.3 is 18.9 Å². The van der Waals surface area contributed by atoms with Gasteiger partial charge in [0, 0.05) is 5.56 Å². The molecule has 0 heterocycles. The first-order valence-electron chi connectivity index (χ1n) is 8.56. The number of carbonyl (C=O) groups is 1. The van der Waals surface area contributed by atoms with E-state index in [1.54, 1.807) is 44.6 Å². The number of nitrogens with zero attached hydrogens (tertiary/aromatic N) is 1. The quantitative estimate of drug-likeness (QED) is 0.387. The second kappa shape index (κ2) is 10.6. The van der Waals surface area contributed by atoms with Crippen LogP contribution in [0.15, 0.2) is 54.2 Å². The number of nitrogens with one attached hydrogen (secondary N) is 1. The average molecular weight is 384 g/mol. The van der Waals surface area contributed by atoms with Crippen molar-refractivity contribution in [2.24, 2.45) is 5.10 Å². The van der Waals surface area contributed by atoms with E-state index in [0.717, 1.165) is 12.0 Å². The van der Waals surface area contributed by atoms with E-state index in [9.17, 15) is 4.79 Å². The fourth-order valence-corrected chi connectivity index (χ4v) is 2.49. The Bertz CT molecular complexity index is 849. The molecule has 7 nitrogen and oxygen atoms in total. The average Bonchev–Trinajstić information content (AvgIpc) is 2.72. The molecule has 7 heteroatoms. The molecule has 0 atom stereocenters. The number of ether oxygens (including phenoxy) is 4. The van der Waals surface area contributed by atoms with Gasteiger partial charge in [-0.1, -0.05) is 18.2 Å². The Morgan fingerprint density at radius 1 is 1.07 bits per heavy atom. The third-order valence-electron chi connectivity index (χ3n) is 3.79. The largest absolute Gasteiger partial charge is 0.493 e. The Morgan fingerprint density at radius 3 is 2.54 bits per heavy atom. The standard InChI is InChI=1S/C21H24N2O5/c1-5-7-15-10-11-17(19(12-15)26-3)28-14-20(24)23-22-13-16-8-6-9-18(25-2)21(16)27-4/h5-6,8-13H,1,7,14H2,2-4H3,(H,23,24)/b22-13-. The van der Waals surface area contributed by atoms with Crippen LogP contribution in [0.2, 0.25) is 0 Å². The minimum absolute atomic E-state index is 0.205. The number of amides is 1. The van der Waals surface area contributed by atoms with Gasteiger partial charge in [-0.15, -0.1) is 6.58 Å². The second-order valence-corrected chi connectivity index (χ2v) is 5.64. The lowest BCUT2D eigenvalue weighted by Gasteiger charge is -2.11. The number of para-hydroxylation sites is 1. The Morgan fingerprint density at radius 2 is 1.86 bits per heavy atom. The zero-order chi connectivity index (χ0) is 20.4. The Kier molecular flexibility index (Phi) is 7.90. The van der Waals surface area contributed by atoms with Gasteiger partial charge in [0.05, 0.1) is 27.5 Å². The van der Waals surface area contributed by atoms with E-state index in [0.29, 0.717) is 28.6 Å². The van der Waals surface area contributed by atoms with Gasteiger partial charge in [-0.3, -0.25) is 4.79 Å². The van der Waals surface area contributed by atoms with E-state index in [2.05, 4.69) is 17.1 Å². The van der Waals surface area contributed by atoms with Crippen molar-refractivity contribution in [2.75, 3.05) is 27.9 Å². The van der Waals surface area contributed by atoms with Gasteiger partial charge >= 0.3 is 0 Å². The lowest BCUT2D eigenvalue weighted by molar-refractivity contribution is -0.123. The molecule has 148 valence electrons. The number of hydrogen-bond donors (Lipinski definition) is 1. The predicted molar refractivity (Wildman–Crippen MR) is 108 cm³/mol. The fraction of sp³-hybridized carbons (Fsp3) is 0.238. The van der Waals surface area contributed by atoms with E-state index in [1.165, 1.54) is 13.3 Å². The molecule has 0 unspecified atom stereocenters. The molecule has 1 amide bonds. The van der Waals surface area contributed by atoms with Crippen LogP contribution in [-0.4, -0.2) is 40.1 Å². The summed E-state index contributed by atoms with van der Waals surface area (Å²) in [6, 6.07) is 10.9. The molecule has 0 fully saturated rings. The number of carbonyl (C=O) groups excluding carboxylic acids is 1. The highest BCUT2D eigenvalue weighted by Crippen LogP contribution is 2.29. The molecule has 2 aromatic rings. The highest BCUT2D eigenvalue weighted by molar-refractivity contribution is 5.86. The van der Waals surface area contributed by atoms with Crippen LogP contribution < -0.4 is 24.4 Å². The summed E-state index contributed by atoms with van der Waals surface area (Å²) < 4.78 is 21.4. The highest BCUT2D eigenvalue weighted by atomic mass is 16.5. The van der Waals surface area contributed by atoms with Crippen molar-refractivity contribution in [1.82, 2.24) is 5.43 Å². The summed E-state index contributed by atoms with van der Waals surface area (Å²) in [5, 5.41) is 3.94. The molecule has 0 aliphatic carbocycles. The molecule has 0 aliphatic rings. The van der Waals surface area contributed by atoms with Crippen molar-refractivity contribution in [2.45, 2.75) is 6.42 Å². The summed E-state index contributed by atoms with van der Waals surface area (Å²) in [6.07, 6.45) is 4.00. The number of hydrazone groups is 1. The molecular formula is C21H24N2O5. The summed E-state index contributed by atoms with van der Waals surface area (Å²) >= 11 is 0. The summed E-state index contributed by atoms with van der Waals surface area (Å²) in [6.45, 7) is 3.51. The van der Waals surface area contributed by atoms with Gasteiger partial charge in [0.25, 0.3) is 5.91 Å². The van der Waals surface area contributed by atoms with Gasteiger partial charge in [-0.2, -0.15) is 5.10 Å². The zero-order valence-corrected chi connectivity index (χ0v) is 16.2. The summed E-state index contributed by atoms with van der Waals surface area (Å²) in [5.41, 5.74) is 4.13. The maximum absolute atomic E-state index is 12.0. The second-order valence-electron chi connectivity index (χ2n) is 5.64. The van der Waals surface area contributed by atoms with Gasteiger partial charge in [0.1, 0.15) is 0 Å². The third kappa shape index (κ3) is 5.51. The van der Waals surface area contributed by atoms with Gasteiger partial charge in [0.15, 0.2) is 29.6 Å². The lowest BCUT2D eigenvalue weighted by atomic mass is 10.1. The van der Waals surface area contributed by atoms with Crippen LogP contribution in [0.25, 0.3) is 0 Å². The molecule has 0 saturated heterocycles. The van der Waals surface area contributed by atoms with Crippen molar-refractivity contribution < 1.29 is 23.7 Å². The smallest absolute Gasteiger partial charge is 0.277 e. The van der Waals surface area contributed by atoms with Crippen LogP contribution in [-0.2, 0) is 11.2 Å². The number of rotatable bonds is 10. The van der Waals surface area contributed by atoms with E-state index in [1.807, 2.05) is 12.1 Å². The Hall–Kier alpha value is -3.48. The van der Waals surface area contributed by atoms with Crippen molar-refractivity contribution in [1.29, 1.82) is 0 Å². The molecule has 2 aromatic carbocycles. The first kappa shape index (κ1) is 20.8. The van der Waals surface area contributed by atoms with Crippen LogP contribution in [0.3, 0.4) is 0 Å². The Balaban J connectivity index is 1.95. The van der Waals surface area contributed by atoms with Crippen LogP contribution in [0, 0.1) is 0 Å². The third-order valence-corrected chi connectivity index (χ3v) is 3.79. The maximum atomic E-state index is 12.0. The van der Waals surface area contributed by atoms with Crippen molar-refractivity contribution in [3.63, 3.8) is 0 Å². The number of allylic oxidation sites excluding steroid dienone is 1. The minimum Gasteiger partial charge on any atom is -0.493 e. The van der Waals surface area contributed by atoms with Gasteiger partial charge in [-0.25, -0.2) is 5.43 Å². The van der Waals surface area contributed by atoms with Crippen molar-refractivity contribution in [3.05, 3.63) is 60.2 Å². The van der Waals surface area contributed by atoms with Gasteiger partial charge in [0.2, 0.25) is 0 Å². The topological polar surface area (TPSA) is 78.4 Å². The van der Waals surface area contributed by atoms with Crippen molar-refractivity contribution in [3.8, 4) is 23.0 Å². The summed E-state index contributed by atoms with van der Waals surface area (Å²) in [4.78, 5) is 12.0. The number of hydrogen-bond acceptors (Lipinski definition) is 6. The van der Waals surface area contributed by atoms with Crippen molar-refractivity contribution >= 4 is 12.1 Å².